The summed E-state index contributed by atoms with van der Waals surface area (Å²) < 4.78 is 0. The second-order valence-electron chi connectivity index (χ2n) is 7.79. The van der Waals surface area contributed by atoms with E-state index in [1.165, 1.54) is 24.3 Å². The number of piperazine rings is 1. The zero-order valence-electron chi connectivity index (χ0n) is 17.5. The molecule has 0 aliphatic carbocycles. The maximum atomic E-state index is 12.6. The van der Waals surface area contributed by atoms with Crippen molar-refractivity contribution in [1.29, 1.82) is 0 Å². The molecule has 3 rings (SSSR count). The van der Waals surface area contributed by atoms with Crippen molar-refractivity contribution in [1.82, 2.24) is 15.1 Å². The summed E-state index contributed by atoms with van der Waals surface area (Å²) in [7, 11) is 2.10. The third kappa shape index (κ3) is 6.33. The minimum Gasteiger partial charge on any atom is -0.507 e. The van der Waals surface area contributed by atoms with Crippen LogP contribution < -0.4 is 10.6 Å². The van der Waals surface area contributed by atoms with Crippen LogP contribution >= 0.6 is 23.2 Å². The van der Waals surface area contributed by atoms with E-state index in [1.807, 2.05) is 6.92 Å². The largest absolute Gasteiger partial charge is 0.507 e. The van der Waals surface area contributed by atoms with E-state index in [-0.39, 0.29) is 28.3 Å². The number of halogens is 2. The Labute approximate surface area is 191 Å². The van der Waals surface area contributed by atoms with E-state index in [2.05, 4.69) is 27.5 Å². The average Bonchev–Trinajstić information content (AvgIpc) is 2.71. The summed E-state index contributed by atoms with van der Waals surface area (Å²) in [5.74, 6) is -0.978. The van der Waals surface area contributed by atoms with Crippen LogP contribution in [0.1, 0.15) is 27.6 Å². The average molecular weight is 465 g/mol. The molecule has 0 bridgehead atoms. The molecule has 1 atom stereocenters. The van der Waals surface area contributed by atoms with E-state index in [0.717, 1.165) is 32.7 Å². The van der Waals surface area contributed by atoms with E-state index >= 15 is 0 Å². The van der Waals surface area contributed by atoms with Gasteiger partial charge in [-0.3, -0.25) is 14.5 Å². The van der Waals surface area contributed by atoms with Crippen molar-refractivity contribution < 1.29 is 14.7 Å². The van der Waals surface area contributed by atoms with Crippen LogP contribution in [-0.4, -0.2) is 72.5 Å². The molecule has 9 heteroatoms. The van der Waals surface area contributed by atoms with Gasteiger partial charge in [0.15, 0.2) is 0 Å². The number of aromatic hydroxyl groups is 1. The standard InChI is InChI=1S/C22H26Cl2N4O3/c1-14(13-28-9-7-27(2)8-10-28)25-22(31)17-5-4-16(12-20(17)29)26-21(30)15-3-6-18(23)19(24)11-15/h3-6,11-12,14,29H,7-10,13H2,1-2H3,(H,25,31)(H,26,30). The molecule has 2 aromatic rings. The maximum absolute atomic E-state index is 12.6. The van der Waals surface area contributed by atoms with E-state index in [4.69, 9.17) is 23.2 Å². The molecule has 31 heavy (non-hydrogen) atoms. The number of benzene rings is 2. The van der Waals surface area contributed by atoms with Crippen LogP contribution in [0.15, 0.2) is 36.4 Å². The van der Waals surface area contributed by atoms with E-state index in [9.17, 15) is 14.7 Å². The van der Waals surface area contributed by atoms with E-state index in [1.54, 1.807) is 12.1 Å². The van der Waals surface area contributed by atoms with Gasteiger partial charge in [-0.2, -0.15) is 0 Å². The highest BCUT2D eigenvalue weighted by Crippen LogP contribution is 2.25. The quantitative estimate of drug-likeness (QED) is 0.610. The highest BCUT2D eigenvalue weighted by molar-refractivity contribution is 6.42. The number of carbonyl (C=O) groups is 2. The summed E-state index contributed by atoms with van der Waals surface area (Å²) in [6.45, 7) is 6.65. The summed E-state index contributed by atoms with van der Waals surface area (Å²) in [5, 5.41) is 16.5. The summed E-state index contributed by atoms with van der Waals surface area (Å²) in [4.78, 5) is 29.6. The molecule has 3 N–H and O–H groups in total. The van der Waals surface area contributed by atoms with Crippen LogP contribution in [0.4, 0.5) is 5.69 Å². The van der Waals surface area contributed by atoms with Crippen LogP contribution in [0.25, 0.3) is 0 Å². The molecular formula is C22H26Cl2N4O3. The highest BCUT2D eigenvalue weighted by Gasteiger charge is 2.19. The van der Waals surface area contributed by atoms with Gasteiger partial charge < -0.3 is 20.6 Å². The van der Waals surface area contributed by atoms with Crippen molar-refractivity contribution >= 4 is 40.7 Å². The minimum atomic E-state index is -0.407. The molecule has 0 saturated carbocycles. The Morgan fingerprint density at radius 1 is 1.03 bits per heavy atom. The fraction of sp³-hybridized carbons (Fsp3) is 0.364. The van der Waals surface area contributed by atoms with Crippen molar-refractivity contribution in [2.24, 2.45) is 0 Å². The second kappa shape index (κ2) is 10.3. The van der Waals surface area contributed by atoms with Crippen molar-refractivity contribution in [3.8, 4) is 5.75 Å². The van der Waals surface area contributed by atoms with Crippen molar-refractivity contribution in [2.75, 3.05) is 45.1 Å². The number of hydrogen-bond donors (Lipinski definition) is 3. The van der Waals surface area contributed by atoms with Crippen LogP contribution in [0.5, 0.6) is 5.75 Å². The zero-order chi connectivity index (χ0) is 22.5. The fourth-order valence-corrected chi connectivity index (χ4v) is 3.71. The molecule has 166 valence electrons. The summed E-state index contributed by atoms with van der Waals surface area (Å²) >= 11 is 11.8. The Balaban J connectivity index is 1.58. The van der Waals surface area contributed by atoms with Gasteiger partial charge in [-0.25, -0.2) is 0 Å². The number of phenolic OH excluding ortho intramolecular Hbond substituents is 1. The Bertz CT molecular complexity index is 962. The summed E-state index contributed by atoms with van der Waals surface area (Å²) in [6, 6.07) is 8.87. The molecule has 1 saturated heterocycles. The second-order valence-corrected chi connectivity index (χ2v) is 8.61. The smallest absolute Gasteiger partial charge is 0.255 e. The number of carbonyl (C=O) groups excluding carboxylic acids is 2. The van der Waals surface area contributed by atoms with Gasteiger partial charge in [-0.1, -0.05) is 23.2 Å². The van der Waals surface area contributed by atoms with Crippen LogP contribution in [0.2, 0.25) is 10.0 Å². The lowest BCUT2D eigenvalue weighted by molar-refractivity contribution is 0.0911. The molecule has 0 radical (unpaired) electrons. The van der Waals surface area contributed by atoms with Gasteiger partial charge in [-0.05, 0) is 44.3 Å². The first-order valence-electron chi connectivity index (χ1n) is 10.0. The van der Waals surface area contributed by atoms with Crippen molar-refractivity contribution in [3.05, 3.63) is 57.6 Å². The molecule has 1 aliphatic heterocycles. The lowest BCUT2D eigenvalue weighted by Gasteiger charge is -2.34. The van der Waals surface area contributed by atoms with Gasteiger partial charge >= 0.3 is 0 Å². The molecule has 0 aromatic heterocycles. The Kier molecular flexibility index (Phi) is 7.78. The monoisotopic (exact) mass is 464 g/mol. The fourth-order valence-electron chi connectivity index (χ4n) is 3.41. The van der Waals surface area contributed by atoms with Gasteiger partial charge in [-0.15, -0.1) is 0 Å². The number of amides is 2. The number of likely N-dealkylation sites (N-methyl/N-ethyl adjacent to an activating group) is 1. The van der Waals surface area contributed by atoms with E-state index < -0.39 is 5.91 Å². The number of hydrogen-bond acceptors (Lipinski definition) is 5. The van der Waals surface area contributed by atoms with E-state index in [0.29, 0.717) is 16.3 Å². The number of anilines is 1. The first-order valence-corrected chi connectivity index (χ1v) is 10.8. The van der Waals surface area contributed by atoms with Gasteiger partial charge in [0.25, 0.3) is 11.8 Å². The van der Waals surface area contributed by atoms with Gasteiger partial charge in [0.2, 0.25) is 0 Å². The Morgan fingerprint density at radius 2 is 1.74 bits per heavy atom. The molecule has 2 amide bonds. The first-order chi connectivity index (χ1) is 14.7. The van der Waals surface area contributed by atoms with Crippen molar-refractivity contribution in [2.45, 2.75) is 13.0 Å². The van der Waals surface area contributed by atoms with Crippen LogP contribution in [0, 0.1) is 0 Å². The molecule has 7 nitrogen and oxygen atoms in total. The number of rotatable bonds is 6. The highest BCUT2D eigenvalue weighted by atomic mass is 35.5. The normalized spacial score (nSPS) is 16.0. The van der Waals surface area contributed by atoms with Gasteiger partial charge in [0.05, 0.1) is 15.6 Å². The molecule has 2 aromatic carbocycles. The molecule has 1 heterocycles. The topological polar surface area (TPSA) is 84.9 Å². The third-order valence-corrected chi connectivity index (χ3v) is 5.93. The predicted octanol–water partition coefficient (Wildman–Crippen LogP) is 3.32. The number of phenols is 1. The first kappa shape index (κ1) is 23.3. The lowest BCUT2D eigenvalue weighted by atomic mass is 10.1. The van der Waals surface area contributed by atoms with Crippen LogP contribution in [0.3, 0.4) is 0 Å². The van der Waals surface area contributed by atoms with Crippen LogP contribution in [-0.2, 0) is 0 Å². The minimum absolute atomic E-state index is 0.0654. The number of nitrogens with zero attached hydrogens (tertiary/aromatic N) is 2. The predicted molar refractivity (Wildman–Crippen MR) is 123 cm³/mol. The molecule has 0 spiro atoms. The SMILES string of the molecule is CC(CN1CCN(C)CC1)NC(=O)c1ccc(NC(=O)c2ccc(Cl)c(Cl)c2)cc1O. The Hall–Kier alpha value is -2.32. The molecule has 1 fully saturated rings. The lowest BCUT2D eigenvalue weighted by Crippen LogP contribution is -2.49. The maximum Gasteiger partial charge on any atom is 0.255 e. The number of nitrogens with one attached hydrogen (secondary N) is 2. The molecule has 1 aliphatic rings. The van der Waals surface area contributed by atoms with Crippen molar-refractivity contribution in [3.63, 3.8) is 0 Å². The summed E-state index contributed by atoms with van der Waals surface area (Å²) in [5.41, 5.74) is 0.835. The molecular weight excluding hydrogens is 439 g/mol. The van der Waals surface area contributed by atoms with Gasteiger partial charge in [0, 0.05) is 56.1 Å². The molecule has 1 unspecified atom stereocenters. The third-order valence-electron chi connectivity index (χ3n) is 5.19. The summed E-state index contributed by atoms with van der Waals surface area (Å²) in [6.07, 6.45) is 0. The van der Waals surface area contributed by atoms with Gasteiger partial charge in [0.1, 0.15) is 5.75 Å². The zero-order valence-corrected chi connectivity index (χ0v) is 19.0. The Morgan fingerprint density at radius 3 is 2.39 bits per heavy atom.